The Morgan fingerprint density at radius 1 is 1.21 bits per heavy atom. The predicted molar refractivity (Wildman–Crippen MR) is 95.9 cm³/mol. The minimum Gasteiger partial charge on any atom is -0.504 e. The highest BCUT2D eigenvalue weighted by atomic mass is 19.4. The zero-order chi connectivity index (χ0) is 20.5. The summed E-state index contributed by atoms with van der Waals surface area (Å²) in [7, 11) is 1.63. The lowest BCUT2D eigenvalue weighted by Gasteiger charge is -2.10. The number of aliphatic hydroxyl groups is 1. The van der Waals surface area contributed by atoms with Crippen LogP contribution in [0.5, 0.6) is 0 Å². The predicted octanol–water partition coefficient (Wildman–Crippen LogP) is 4.02. The fourth-order valence-electron chi connectivity index (χ4n) is 2.69. The number of carbonyl (C=O) groups excluding carboxylic acids is 1. The van der Waals surface area contributed by atoms with Crippen LogP contribution in [0.4, 0.5) is 18.9 Å². The molecule has 0 atom stereocenters. The summed E-state index contributed by atoms with van der Waals surface area (Å²) in [6.07, 6.45) is -4.58. The van der Waals surface area contributed by atoms with E-state index in [1.165, 1.54) is 10.7 Å². The number of rotatable bonds is 3. The summed E-state index contributed by atoms with van der Waals surface area (Å²) in [5.74, 6) is -1.71. The number of alkyl halides is 3. The summed E-state index contributed by atoms with van der Waals surface area (Å²) in [5.41, 5.74) is -1.09. The van der Waals surface area contributed by atoms with Gasteiger partial charge in [0.15, 0.2) is 11.3 Å². The number of carbonyl (C=O) groups is 1. The molecule has 0 aliphatic rings. The van der Waals surface area contributed by atoms with Gasteiger partial charge in [0, 0.05) is 18.1 Å². The van der Waals surface area contributed by atoms with Crippen molar-refractivity contribution in [1.82, 2.24) is 9.78 Å². The number of para-hydroxylation sites is 1. The fourth-order valence-corrected chi connectivity index (χ4v) is 2.69. The van der Waals surface area contributed by atoms with Gasteiger partial charge in [0.25, 0.3) is 5.91 Å². The maximum Gasteiger partial charge on any atom is 0.416 e. The van der Waals surface area contributed by atoms with Crippen LogP contribution in [0, 0.1) is 11.3 Å². The molecule has 0 saturated heterocycles. The number of nitriles is 1. The van der Waals surface area contributed by atoms with Gasteiger partial charge < -0.3 is 10.4 Å². The third kappa shape index (κ3) is 3.53. The van der Waals surface area contributed by atoms with Crippen LogP contribution in [0.15, 0.2) is 54.1 Å². The fraction of sp³-hybridized carbons (Fsp3) is 0.105. The summed E-state index contributed by atoms with van der Waals surface area (Å²) in [5, 5.41) is 26.6. The Morgan fingerprint density at radius 3 is 2.61 bits per heavy atom. The molecule has 1 heterocycles. The molecule has 6 nitrogen and oxygen atoms in total. The van der Waals surface area contributed by atoms with E-state index in [0.717, 1.165) is 18.2 Å². The molecule has 3 aromatic rings. The van der Waals surface area contributed by atoms with E-state index in [1.54, 1.807) is 37.4 Å². The number of nitrogens with zero attached hydrogens (tertiary/aromatic N) is 3. The first-order valence-corrected chi connectivity index (χ1v) is 7.96. The van der Waals surface area contributed by atoms with Crippen molar-refractivity contribution in [3.63, 3.8) is 0 Å². The Bertz CT molecular complexity index is 1140. The smallest absolute Gasteiger partial charge is 0.416 e. The molecule has 0 radical (unpaired) electrons. The summed E-state index contributed by atoms with van der Waals surface area (Å²) in [4.78, 5) is 12.4. The number of hydrogen-bond donors (Lipinski definition) is 2. The van der Waals surface area contributed by atoms with E-state index in [2.05, 4.69) is 10.4 Å². The highest BCUT2D eigenvalue weighted by Gasteiger charge is 2.30. The van der Waals surface area contributed by atoms with Gasteiger partial charge in [0.1, 0.15) is 11.8 Å². The van der Waals surface area contributed by atoms with Crippen LogP contribution in [-0.4, -0.2) is 20.8 Å². The minimum absolute atomic E-state index is 0.0221. The number of halogens is 3. The number of benzene rings is 2. The Labute approximate surface area is 157 Å². The minimum atomic E-state index is -4.58. The van der Waals surface area contributed by atoms with Crippen LogP contribution in [0.25, 0.3) is 16.7 Å². The molecule has 0 unspecified atom stereocenters. The van der Waals surface area contributed by atoms with Crippen LogP contribution in [0.2, 0.25) is 0 Å². The summed E-state index contributed by atoms with van der Waals surface area (Å²) >= 11 is 0. The van der Waals surface area contributed by atoms with Gasteiger partial charge in [-0.2, -0.15) is 23.5 Å². The molecule has 0 saturated carbocycles. The SMILES string of the molecule is Cn1nc(/C(O)=C(/C#N)C(=O)Nc2cccc(C(F)(F)F)c2)c2ccccc21. The third-order valence-corrected chi connectivity index (χ3v) is 4.01. The molecule has 0 aliphatic carbocycles. The largest absolute Gasteiger partial charge is 0.504 e. The molecular formula is C19H13F3N4O2. The van der Waals surface area contributed by atoms with E-state index in [9.17, 15) is 28.3 Å². The van der Waals surface area contributed by atoms with E-state index in [4.69, 9.17) is 0 Å². The topological polar surface area (TPSA) is 90.9 Å². The van der Waals surface area contributed by atoms with Gasteiger partial charge in [0.2, 0.25) is 0 Å². The van der Waals surface area contributed by atoms with Gasteiger partial charge in [-0.05, 0) is 24.3 Å². The van der Waals surface area contributed by atoms with Crippen molar-refractivity contribution in [2.75, 3.05) is 5.32 Å². The van der Waals surface area contributed by atoms with Crippen molar-refractivity contribution < 1.29 is 23.1 Å². The summed E-state index contributed by atoms with van der Waals surface area (Å²) in [6, 6.07) is 12.4. The molecular weight excluding hydrogens is 373 g/mol. The Morgan fingerprint density at radius 2 is 1.93 bits per heavy atom. The zero-order valence-electron chi connectivity index (χ0n) is 14.4. The van der Waals surface area contributed by atoms with Crippen LogP contribution >= 0.6 is 0 Å². The molecule has 0 bridgehead atoms. The quantitative estimate of drug-likeness (QED) is 0.404. The summed E-state index contributed by atoms with van der Waals surface area (Å²) < 4.78 is 39.9. The van der Waals surface area contributed by atoms with E-state index in [0.29, 0.717) is 10.9 Å². The summed E-state index contributed by atoms with van der Waals surface area (Å²) in [6.45, 7) is 0. The number of anilines is 1. The van der Waals surface area contributed by atoms with Gasteiger partial charge in [-0.15, -0.1) is 0 Å². The van der Waals surface area contributed by atoms with E-state index < -0.39 is 29.0 Å². The first-order chi connectivity index (χ1) is 13.2. The average molecular weight is 386 g/mol. The Hall–Kier alpha value is -3.80. The number of hydrogen-bond acceptors (Lipinski definition) is 4. The Balaban J connectivity index is 1.98. The number of amides is 1. The first-order valence-electron chi connectivity index (χ1n) is 7.96. The monoisotopic (exact) mass is 386 g/mol. The van der Waals surface area contributed by atoms with Crippen LogP contribution in [0.1, 0.15) is 11.3 Å². The van der Waals surface area contributed by atoms with E-state index >= 15 is 0 Å². The second kappa shape index (κ2) is 7.08. The van der Waals surface area contributed by atoms with Gasteiger partial charge in [-0.1, -0.05) is 24.3 Å². The maximum absolute atomic E-state index is 12.8. The number of aryl methyl sites for hydroxylation is 1. The molecule has 28 heavy (non-hydrogen) atoms. The normalized spacial score (nSPS) is 12.4. The van der Waals surface area contributed by atoms with Crippen molar-refractivity contribution in [1.29, 1.82) is 5.26 Å². The lowest BCUT2D eigenvalue weighted by molar-refractivity contribution is -0.137. The first kappa shape index (κ1) is 19.0. The van der Waals surface area contributed by atoms with Gasteiger partial charge in [-0.3, -0.25) is 9.48 Å². The number of aliphatic hydroxyl groups excluding tert-OH is 1. The molecule has 0 fully saturated rings. The number of fused-ring (bicyclic) bond motifs is 1. The highest BCUT2D eigenvalue weighted by molar-refractivity contribution is 6.12. The standard InChI is InChI=1S/C19H13F3N4O2/c1-26-15-8-3-2-7-13(15)16(25-26)17(27)14(10-23)18(28)24-12-6-4-5-11(9-12)19(20,21)22/h2-9,27H,1H3,(H,24,28)/b17-14+. The molecule has 0 aliphatic heterocycles. The van der Waals surface area contributed by atoms with Crippen molar-refractivity contribution in [3.8, 4) is 6.07 Å². The lowest BCUT2D eigenvalue weighted by Crippen LogP contribution is -2.16. The number of aromatic nitrogens is 2. The van der Waals surface area contributed by atoms with E-state index in [1.807, 2.05) is 0 Å². The third-order valence-electron chi connectivity index (χ3n) is 4.01. The average Bonchev–Trinajstić information content (AvgIpc) is 2.99. The zero-order valence-corrected chi connectivity index (χ0v) is 14.4. The van der Waals surface area contributed by atoms with Crippen LogP contribution < -0.4 is 5.32 Å². The molecule has 3 rings (SSSR count). The molecule has 142 valence electrons. The van der Waals surface area contributed by atoms with Crippen LogP contribution in [-0.2, 0) is 18.0 Å². The van der Waals surface area contributed by atoms with Gasteiger partial charge in [-0.25, -0.2) is 0 Å². The van der Waals surface area contributed by atoms with Crippen molar-refractivity contribution in [2.24, 2.45) is 7.05 Å². The van der Waals surface area contributed by atoms with Gasteiger partial charge in [0.05, 0.1) is 11.1 Å². The molecule has 1 amide bonds. The van der Waals surface area contributed by atoms with Crippen molar-refractivity contribution in [3.05, 3.63) is 65.4 Å². The molecule has 0 spiro atoms. The second-order valence-electron chi connectivity index (χ2n) is 5.86. The molecule has 2 aromatic carbocycles. The van der Waals surface area contributed by atoms with E-state index in [-0.39, 0.29) is 11.4 Å². The lowest BCUT2D eigenvalue weighted by atomic mass is 10.1. The number of nitrogens with one attached hydrogen (secondary N) is 1. The maximum atomic E-state index is 12.8. The molecule has 9 heteroatoms. The van der Waals surface area contributed by atoms with Crippen LogP contribution in [0.3, 0.4) is 0 Å². The van der Waals surface area contributed by atoms with Gasteiger partial charge >= 0.3 is 6.18 Å². The highest BCUT2D eigenvalue weighted by Crippen LogP contribution is 2.31. The molecule has 1 aromatic heterocycles. The van der Waals surface area contributed by atoms with Crippen molar-refractivity contribution >= 4 is 28.3 Å². The second-order valence-corrected chi connectivity index (χ2v) is 5.86. The molecule has 2 N–H and O–H groups in total. The Kier molecular flexibility index (Phi) is 4.79. The van der Waals surface area contributed by atoms with Crippen molar-refractivity contribution in [2.45, 2.75) is 6.18 Å².